The Bertz CT molecular complexity index is 1600. The highest BCUT2D eigenvalue weighted by Gasteiger charge is 2.17. The number of aromatic amines is 1. The van der Waals surface area contributed by atoms with Crippen molar-refractivity contribution in [1.82, 2.24) is 30.1 Å². The van der Waals surface area contributed by atoms with Crippen molar-refractivity contribution in [3.63, 3.8) is 0 Å². The Balaban J connectivity index is 1.44. The number of nitrogens with one attached hydrogen (secondary N) is 1. The normalized spacial score (nSPS) is 11.4. The highest BCUT2D eigenvalue weighted by atomic mass is 16.5. The molecule has 0 unspecified atom stereocenters. The zero-order valence-electron chi connectivity index (χ0n) is 22.2. The summed E-state index contributed by atoms with van der Waals surface area (Å²) in [5.41, 5.74) is 7.22. The van der Waals surface area contributed by atoms with E-state index in [9.17, 15) is 4.79 Å². The van der Waals surface area contributed by atoms with E-state index in [0.29, 0.717) is 31.7 Å². The van der Waals surface area contributed by atoms with Crippen LogP contribution in [-0.4, -0.2) is 37.2 Å². The molecule has 0 fully saturated rings. The number of ether oxygens (including phenoxy) is 1. The third-order valence-electron chi connectivity index (χ3n) is 6.77. The van der Waals surface area contributed by atoms with E-state index < -0.39 is 0 Å². The van der Waals surface area contributed by atoms with Crippen LogP contribution in [0, 0.1) is 20.8 Å². The molecule has 5 rings (SSSR count). The lowest BCUT2D eigenvalue weighted by Gasteiger charge is -2.22. The van der Waals surface area contributed by atoms with Crippen LogP contribution in [0.25, 0.3) is 10.9 Å². The summed E-state index contributed by atoms with van der Waals surface area (Å²) in [5.74, 6) is 1.54. The average molecular weight is 509 g/mol. The molecule has 0 aliphatic carbocycles. The number of pyridine rings is 1. The third-order valence-corrected chi connectivity index (χ3v) is 6.77. The first-order valence-corrected chi connectivity index (χ1v) is 12.7. The highest BCUT2D eigenvalue weighted by molar-refractivity contribution is 5.83. The molecule has 0 aliphatic rings. The minimum atomic E-state index is -0.0748. The number of rotatable bonds is 9. The Morgan fingerprint density at radius 3 is 2.34 bits per heavy atom. The van der Waals surface area contributed by atoms with Gasteiger partial charge in [0.2, 0.25) is 0 Å². The maximum absolute atomic E-state index is 13.1. The van der Waals surface area contributed by atoms with Gasteiger partial charge in [-0.25, -0.2) is 4.68 Å². The molecule has 38 heavy (non-hydrogen) atoms. The summed E-state index contributed by atoms with van der Waals surface area (Å²) in [4.78, 5) is 18.4. The molecule has 0 spiro atoms. The van der Waals surface area contributed by atoms with E-state index in [1.54, 1.807) is 7.11 Å². The fraction of sp³-hybridized carbons (Fsp3) is 0.267. The standard InChI is InChI=1S/C30H32N6O2/c1-20-5-7-23(8-6-20)16-35(18-25-15-27-22(3)13-21(2)14-28(27)31-30(25)37)19-29-32-33-34-36(29)17-24-9-11-26(38-4)12-10-24/h5-15H,16-19H2,1-4H3,(H,31,37). The molecule has 0 aliphatic heterocycles. The average Bonchev–Trinajstić information content (AvgIpc) is 3.32. The minimum absolute atomic E-state index is 0.0748. The summed E-state index contributed by atoms with van der Waals surface area (Å²) >= 11 is 0. The van der Waals surface area contributed by atoms with Crippen LogP contribution in [0.4, 0.5) is 0 Å². The second-order valence-corrected chi connectivity index (χ2v) is 9.90. The van der Waals surface area contributed by atoms with Gasteiger partial charge in [0.05, 0.1) is 20.2 Å². The number of hydrogen-bond donors (Lipinski definition) is 1. The molecule has 8 nitrogen and oxygen atoms in total. The number of tetrazole rings is 1. The van der Waals surface area contributed by atoms with E-state index in [2.05, 4.69) is 69.6 Å². The maximum atomic E-state index is 13.1. The Morgan fingerprint density at radius 1 is 0.868 bits per heavy atom. The van der Waals surface area contributed by atoms with Gasteiger partial charge >= 0.3 is 0 Å². The van der Waals surface area contributed by atoms with Crippen molar-refractivity contribution < 1.29 is 4.74 Å². The van der Waals surface area contributed by atoms with Crippen molar-refractivity contribution in [3.8, 4) is 5.75 Å². The molecular weight excluding hydrogens is 476 g/mol. The van der Waals surface area contributed by atoms with E-state index in [4.69, 9.17) is 4.74 Å². The fourth-order valence-electron chi connectivity index (χ4n) is 4.76. The van der Waals surface area contributed by atoms with Gasteiger partial charge in [-0.1, -0.05) is 48.0 Å². The van der Waals surface area contributed by atoms with Gasteiger partial charge in [0.15, 0.2) is 5.82 Å². The zero-order chi connectivity index (χ0) is 26.6. The molecule has 2 heterocycles. The Labute approximate surface area is 221 Å². The van der Waals surface area contributed by atoms with Crippen molar-refractivity contribution >= 4 is 10.9 Å². The molecule has 5 aromatic rings. The van der Waals surface area contributed by atoms with Crippen molar-refractivity contribution in [1.29, 1.82) is 0 Å². The molecular formula is C30H32N6O2. The number of H-pyrrole nitrogens is 1. The molecule has 0 saturated carbocycles. The Hall–Kier alpha value is -4.30. The summed E-state index contributed by atoms with van der Waals surface area (Å²) in [6, 6.07) is 22.5. The molecule has 3 aromatic carbocycles. The van der Waals surface area contributed by atoms with Gasteiger partial charge in [0, 0.05) is 29.6 Å². The number of aryl methyl sites for hydroxylation is 3. The second-order valence-electron chi connectivity index (χ2n) is 9.90. The van der Waals surface area contributed by atoms with Crippen molar-refractivity contribution in [2.45, 2.75) is 47.0 Å². The summed E-state index contributed by atoms with van der Waals surface area (Å²) in [6.07, 6.45) is 0. The molecule has 8 heteroatoms. The smallest absolute Gasteiger partial charge is 0.252 e. The van der Waals surface area contributed by atoms with E-state index in [1.165, 1.54) is 5.56 Å². The number of fused-ring (bicyclic) bond motifs is 1. The summed E-state index contributed by atoms with van der Waals surface area (Å²) < 4.78 is 7.08. The van der Waals surface area contributed by atoms with Crippen molar-refractivity contribution in [2.75, 3.05) is 7.11 Å². The topological polar surface area (TPSA) is 88.9 Å². The van der Waals surface area contributed by atoms with Crippen LogP contribution in [0.1, 0.15) is 39.2 Å². The number of aromatic nitrogens is 5. The highest BCUT2D eigenvalue weighted by Crippen LogP contribution is 2.20. The monoisotopic (exact) mass is 508 g/mol. The maximum Gasteiger partial charge on any atom is 0.252 e. The number of hydrogen-bond acceptors (Lipinski definition) is 6. The van der Waals surface area contributed by atoms with Crippen LogP contribution in [0.3, 0.4) is 0 Å². The number of benzene rings is 3. The predicted molar refractivity (Wildman–Crippen MR) is 148 cm³/mol. The van der Waals surface area contributed by atoms with Crippen LogP contribution in [0.15, 0.2) is 71.5 Å². The van der Waals surface area contributed by atoms with Gasteiger partial charge in [-0.3, -0.25) is 9.69 Å². The van der Waals surface area contributed by atoms with Crippen LogP contribution in [0.2, 0.25) is 0 Å². The van der Waals surface area contributed by atoms with Gasteiger partial charge in [-0.15, -0.1) is 5.10 Å². The van der Waals surface area contributed by atoms with E-state index in [1.807, 2.05) is 48.0 Å². The SMILES string of the molecule is COc1ccc(Cn2nnnc2CN(Cc2ccc(C)cc2)Cc2cc3c(C)cc(C)cc3[nH]c2=O)cc1. The lowest BCUT2D eigenvalue weighted by molar-refractivity contribution is 0.236. The molecule has 2 aromatic heterocycles. The van der Waals surface area contributed by atoms with E-state index >= 15 is 0 Å². The molecule has 0 saturated heterocycles. The predicted octanol–water partition coefficient (Wildman–Crippen LogP) is 4.70. The van der Waals surface area contributed by atoms with Gasteiger partial charge in [-0.05, 0) is 77.7 Å². The lowest BCUT2D eigenvalue weighted by atomic mass is 10.0. The quantitative estimate of drug-likeness (QED) is 0.311. The van der Waals surface area contributed by atoms with Crippen molar-refractivity contribution in [3.05, 3.63) is 116 Å². The zero-order valence-corrected chi connectivity index (χ0v) is 22.2. The molecule has 0 atom stereocenters. The van der Waals surface area contributed by atoms with E-state index in [0.717, 1.165) is 44.7 Å². The lowest BCUT2D eigenvalue weighted by Crippen LogP contribution is -2.28. The van der Waals surface area contributed by atoms with Gasteiger partial charge in [0.25, 0.3) is 5.56 Å². The fourth-order valence-corrected chi connectivity index (χ4v) is 4.76. The molecule has 0 radical (unpaired) electrons. The van der Waals surface area contributed by atoms with Crippen LogP contribution < -0.4 is 10.3 Å². The number of methoxy groups -OCH3 is 1. The first-order valence-electron chi connectivity index (χ1n) is 12.7. The van der Waals surface area contributed by atoms with Gasteiger partial charge in [0.1, 0.15) is 5.75 Å². The van der Waals surface area contributed by atoms with Gasteiger partial charge < -0.3 is 9.72 Å². The third kappa shape index (κ3) is 5.81. The van der Waals surface area contributed by atoms with Crippen molar-refractivity contribution in [2.24, 2.45) is 0 Å². The summed E-state index contributed by atoms with van der Waals surface area (Å²) in [7, 11) is 1.65. The first-order chi connectivity index (χ1) is 18.4. The van der Waals surface area contributed by atoms with Gasteiger partial charge in [-0.2, -0.15) is 0 Å². The molecule has 1 N–H and O–H groups in total. The molecule has 0 amide bonds. The second kappa shape index (κ2) is 11.0. The molecule has 0 bridgehead atoms. The molecule has 194 valence electrons. The summed E-state index contributed by atoms with van der Waals surface area (Å²) in [6.45, 7) is 8.34. The summed E-state index contributed by atoms with van der Waals surface area (Å²) in [5, 5.41) is 13.6. The Kier molecular flexibility index (Phi) is 7.33. The number of nitrogens with zero attached hydrogens (tertiary/aromatic N) is 5. The Morgan fingerprint density at radius 2 is 1.61 bits per heavy atom. The largest absolute Gasteiger partial charge is 0.497 e. The minimum Gasteiger partial charge on any atom is -0.497 e. The van der Waals surface area contributed by atoms with Crippen LogP contribution in [0.5, 0.6) is 5.75 Å². The van der Waals surface area contributed by atoms with Crippen LogP contribution >= 0.6 is 0 Å². The first kappa shape index (κ1) is 25.4. The van der Waals surface area contributed by atoms with E-state index in [-0.39, 0.29) is 5.56 Å². The van der Waals surface area contributed by atoms with Crippen LogP contribution in [-0.2, 0) is 26.2 Å².